The minimum absolute atomic E-state index is 0.131. The molecule has 0 saturated carbocycles. The molecule has 0 N–H and O–H groups in total. The van der Waals surface area contributed by atoms with Crippen LogP contribution in [0.2, 0.25) is 0 Å². The predicted molar refractivity (Wildman–Crippen MR) is 97.6 cm³/mol. The second-order valence-electron chi connectivity index (χ2n) is 6.28. The fourth-order valence-corrected chi connectivity index (χ4v) is 3.91. The van der Waals surface area contributed by atoms with Gasteiger partial charge in [0.05, 0.1) is 19.5 Å². The Hall–Kier alpha value is -1.58. The maximum Gasteiger partial charge on any atom is 0.266 e. The van der Waals surface area contributed by atoms with Crippen molar-refractivity contribution in [3.05, 3.63) is 35.9 Å². The third kappa shape index (κ3) is 5.07. The molecule has 0 bridgehead atoms. The van der Waals surface area contributed by atoms with Crippen molar-refractivity contribution in [3.63, 3.8) is 0 Å². The summed E-state index contributed by atoms with van der Waals surface area (Å²) in [6, 6.07) is 11.3. The third-order valence-electron chi connectivity index (χ3n) is 4.37. The van der Waals surface area contributed by atoms with Crippen LogP contribution >= 0.6 is 0 Å². The molecular formula is C18H25NO8S. The van der Waals surface area contributed by atoms with Gasteiger partial charge in [-0.2, -0.15) is 13.7 Å². The Labute approximate surface area is 165 Å². The van der Waals surface area contributed by atoms with Crippen molar-refractivity contribution in [2.75, 3.05) is 34.2 Å². The van der Waals surface area contributed by atoms with Gasteiger partial charge in [0.1, 0.15) is 24.4 Å². The molecule has 1 aliphatic heterocycles. The molecule has 1 aromatic carbocycles. The Morgan fingerprint density at radius 2 is 1.82 bits per heavy atom. The summed E-state index contributed by atoms with van der Waals surface area (Å²) in [6.45, 7) is 0.109. The fourth-order valence-electron chi connectivity index (χ4n) is 3.17. The minimum Gasteiger partial charge on any atom is -0.374 e. The van der Waals surface area contributed by atoms with Crippen LogP contribution in [0, 0.1) is 11.3 Å². The Kier molecular flexibility index (Phi) is 7.91. The van der Waals surface area contributed by atoms with Gasteiger partial charge in [-0.1, -0.05) is 30.3 Å². The summed E-state index contributed by atoms with van der Waals surface area (Å²) in [5.41, 5.74) is -1.11. The van der Waals surface area contributed by atoms with Gasteiger partial charge in [0.2, 0.25) is 5.60 Å². The van der Waals surface area contributed by atoms with E-state index in [1.165, 1.54) is 21.3 Å². The van der Waals surface area contributed by atoms with E-state index in [9.17, 15) is 13.7 Å². The van der Waals surface area contributed by atoms with Crippen molar-refractivity contribution in [1.29, 1.82) is 5.26 Å². The van der Waals surface area contributed by atoms with Crippen molar-refractivity contribution in [1.82, 2.24) is 0 Å². The summed E-state index contributed by atoms with van der Waals surface area (Å²) in [5, 5.41) is 9.91. The molecular weight excluding hydrogens is 390 g/mol. The molecule has 0 spiro atoms. The van der Waals surface area contributed by atoms with Crippen molar-refractivity contribution in [2.45, 2.75) is 36.8 Å². The van der Waals surface area contributed by atoms with E-state index in [0.717, 1.165) is 11.8 Å². The lowest BCUT2D eigenvalue weighted by Gasteiger charge is -2.48. The van der Waals surface area contributed by atoms with Crippen LogP contribution in [0.5, 0.6) is 0 Å². The van der Waals surface area contributed by atoms with E-state index in [1.54, 1.807) is 0 Å². The number of hydrogen-bond donors (Lipinski definition) is 0. The van der Waals surface area contributed by atoms with Gasteiger partial charge in [-0.05, 0) is 5.56 Å². The number of rotatable bonds is 9. The van der Waals surface area contributed by atoms with Crippen LogP contribution in [0.4, 0.5) is 0 Å². The number of nitriles is 1. The summed E-state index contributed by atoms with van der Waals surface area (Å²) in [7, 11) is 0.0708. The fraction of sp³-hybridized carbons (Fsp3) is 0.611. The zero-order valence-electron chi connectivity index (χ0n) is 16.2. The van der Waals surface area contributed by atoms with Crippen molar-refractivity contribution < 1.29 is 36.3 Å². The van der Waals surface area contributed by atoms with Gasteiger partial charge in [-0.15, -0.1) is 0 Å². The van der Waals surface area contributed by atoms with Gasteiger partial charge in [-0.25, -0.2) is 4.18 Å². The number of methoxy groups -OCH3 is 3. The lowest BCUT2D eigenvalue weighted by atomic mass is 9.85. The lowest BCUT2D eigenvalue weighted by molar-refractivity contribution is -0.316. The van der Waals surface area contributed by atoms with E-state index in [0.29, 0.717) is 0 Å². The third-order valence-corrected chi connectivity index (χ3v) is 4.95. The number of ether oxygens (including phenoxy) is 5. The summed E-state index contributed by atoms with van der Waals surface area (Å²) in [4.78, 5) is 0. The Balaban J connectivity index is 2.32. The Bertz CT molecular complexity index is 766. The molecule has 1 aliphatic rings. The molecule has 1 saturated heterocycles. The van der Waals surface area contributed by atoms with Crippen molar-refractivity contribution in [2.24, 2.45) is 0 Å². The highest BCUT2D eigenvalue weighted by molar-refractivity contribution is 7.86. The molecule has 0 aliphatic carbocycles. The molecule has 5 atom stereocenters. The number of nitrogens with zero attached hydrogens (tertiary/aromatic N) is 1. The molecule has 0 radical (unpaired) electrons. The zero-order valence-corrected chi connectivity index (χ0v) is 17.0. The molecule has 0 amide bonds. The maximum absolute atomic E-state index is 11.9. The molecule has 156 valence electrons. The molecule has 1 aromatic rings. The van der Waals surface area contributed by atoms with Crippen LogP contribution in [-0.4, -0.2) is 72.8 Å². The average Bonchev–Trinajstić information content (AvgIpc) is 2.67. The lowest BCUT2D eigenvalue weighted by Crippen LogP contribution is -2.69. The average molecular weight is 415 g/mol. The molecule has 1 fully saturated rings. The van der Waals surface area contributed by atoms with Gasteiger partial charge < -0.3 is 23.7 Å². The highest BCUT2D eigenvalue weighted by atomic mass is 32.2. The summed E-state index contributed by atoms with van der Waals surface area (Å²) in [6.07, 6.45) is -3.18. The van der Waals surface area contributed by atoms with Gasteiger partial charge in [0, 0.05) is 21.3 Å². The van der Waals surface area contributed by atoms with Gasteiger partial charge in [0.25, 0.3) is 10.1 Å². The van der Waals surface area contributed by atoms with Crippen LogP contribution in [0.15, 0.2) is 30.3 Å². The first kappa shape index (κ1) is 22.7. The standard InChI is InChI=1S/C18H25NO8S/c1-22-15-16(23-2)18(12-19,27-28(4,20)21)14(26-17(15)24-3)11-25-10-13-8-6-5-7-9-13/h5-9,14-17H,10-11H2,1-4H3/t14-,15-,16-,17-,18?/m1/s1. The van der Waals surface area contributed by atoms with E-state index in [4.69, 9.17) is 27.9 Å². The van der Waals surface area contributed by atoms with E-state index in [2.05, 4.69) is 0 Å². The van der Waals surface area contributed by atoms with Gasteiger partial charge in [-0.3, -0.25) is 0 Å². The molecule has 1 unspecified atom stereocenters. The summed E-state index contributed by atoms with van der Waals surface area (Å²) in [5.74, 6) is 0. The highest BCUT2D eigenvalue weighted by Gasteiger charge is 2.61. The van der Waals surface area contributed by atoms with E-state index in [-0.39, 0.29) is 13.2 Å². The summed E-state index contributed by atoms with van der Waals surface area (Å²) < 4.78 is 56.6. The molecule has 1 heterocycles. The number of hydrogen-bond acceptors (Lipinski definition) is 9. The maximum atomic E-state index is 11.9. The normalized spacial score (nSPS) is 30.7. The summed E-state index contributed by atoms with van der Waals surface area (Å²) >= 11 is 0. The first-order valence-electron chi connectivity index (χ1n) is 8.48. The van der Waals surface area contributed by atoms with Crippen molar-refractivity contribution >= 4 is 10.1 Å². The SMILES string of the molecule is CO[C@@H]1O[C@H](COCc2ccccc2)C(C#N)(OS(C)(=O)=O)[C@H](OC)[C@H]1OC. The van der Waals surface area contributed by atoms with Crippen LogP contribution in [0.1, 0.15) is 5.56 Å². The second-order valence-corrected chi connectivity index (χ2v) is 7.85. The Morgan fingerprint density at radius 3 is 2.32 bits per heavy atom. The molecule has 10 heteroatoms. The smallest absolute Gasteiger partial charge is 0.266 e. The predicted octanol–water partition coefficient (Wildman–Crippen LogP) is 0.843. The largest absolute Gasteiger partial charge is 0.374 e. The first-order valence-corrected chi connectivity index (χ1v) is 10.3. The monoisotopic (exact) mass is 415 g/mol. The molecule has 0 aromatic heterocycles. The molecule has 2 rings (SSSR count). The minimum atomic E-state index is -4.04. The zero-order chi connectivity index (χ0) is 20.8. The van der Waals surface area contributed by atoms with Gasteiger partial charge >= 0.3 is 0 Å². The van der Waals surface area contributed by atoms with Crippen LogP contribution in [-0.2, 0) is 44.6 Å². The van der Waals surface area contributed by atoms with Gasteiger partial charge in [0.15, 0.2) is 6.29 Å². The van der Waals surface area contributed by atoms with E-state index >= 15 is 0 Å². The van der Waals surface area contributed by atoms with Crippen LogP contribution < -0.4 is 0 Å². The van der Waals surface area contributed by atoms with E-state index < -0.39 is 40.3 Å². The Morgan fingerprint density at radius 1 is 1.14 bits per heavy atom. The number of benzene rings is 1. The quantitative estimate of drug-likeness (QED) is 0.541. The van der Waals surface area contributed by atoms with E-state index in [1.807, 2.05) is 36.4 Å². The van der Waals surface area contributed by atoms with Crippen LogP contribution in [0.3, 0.4) is 0 Å². The first-order chi connectivity index (χ1) is 13.3. The highest BCUT2D eigenvalue weighted by Crippen LogP contribution is 2.37. The molecule has 9 nitrogen and oxygen atoms in total. The molecule has 28 heavy (non-hydrogen) atoms. The topological polar surface area (TPSA) is 113 Å². The van der Waals surface area contributed by atoms with Crippen molar-refractivity contribution in [3.8, 4) is 6.07 Å². The van der Waals surface area contributed by atoms with Crippen LogP contribution in [0.25, 0.3) is 0 Å². The second kappa shape index (κ2) is 9.76.